The van der Waals surface area contributed by atoms with Crippen LogP contribution in [0, 0.1) is 6.92 Å². The lowest BCUT2D eigenvalue weighted by Crippen LogP contribution is -2.38. The van der Waals surface area contributed by atoms with Gasteiger partial charge in [-0.2, -0.15) is 0 Å². The van der Waals surface area contributed by atoms with E-state index >= 15 is 0 Å². The molecule has 1 atom stereocenters. The average molecular weight is 368 g/mol. The van der Waals surface area contributed by atoms with Gasteiger partial charge in [0.05, 0.1) is 28.5 Å². The molecular formula is C18H20N6OS. The Labute approximate surface area is 155 Å². The predicted octanol–water partition coefficient (Wildman–Crippen LogP) is 2.17. The first-order chi connectivity index (χ1) is 12.7. The Hall–Kier alpha value is -2.74. The van der Waals surface area contributed by atoms with Gasteiger partial charge in [-0.25, -0.2) is 15.0 Å². The predicted molar refractivity (Wildman–Crippen MR) is 101 cm³/mol. The molecule has 4 rings (SSSR count). The number of carbonyl (C=O) groups is 1. The molecule has 4 heterocycles. The first kappa shape index (κ1) is 16.7. The maximum Gasteiger partial charge on any atom is 0.226 e. The maximum absolute atomic E-state index is 12.2. The van der Waals surface area contributed by atoms with Crippen molar-refractivity contribution in [2.75, 3.05) is 18.0 Å². The Morgan fingerprint density at radius 1 is 1.42 bits per heavy atom. The van der Waals surface area contributed by atoms with E-state index in [1.165, 1.54) is 0 Å². The lowest BCUT2D eigenvalue weighted by molar-refractivity contribution is -0.121. The van der Waals surface area contributed by atoms with Gasteiger partial charge in [-0.1, -0.05) is 0 Å². The molecule has 7 nitrogen and oxygen atoms in total. The van der Waals surface area contributed by atoms with E-state index in [0.717, 1.165) is 41.6 Å². The summed E-state index contributed by atoms with van der Waals surface area (Å²) >= 11 is 1.57. The van der Waals surface area contributed by atoms with Crippen molar-refractivity contribution in [3.63, 3.8) is 0 Å². The largest absolute Gasteiger partial charge is 0.360 e. The molecule has 0 saturated carbocycles. The molecule has 0 aliphatic carbocycles. The minimum absolute atomic E-state index is 0.0169. The number of carbonyl (C=O) groups excluding carboxylic acids is 1. The topological polar surface area (TPSA) is 86.8 Å². The second-order valence-corrected chi connectivity index (χ2v) is 7.42. The van der Waals surface area contributed by atoms with Gasteiger partial charge in [0.25, 0.3) is 0 Å². The molecule has 1 amide bonds. The van der Waals surface area contributed by atoms with Crippen LogP contribution in [-0.2, 0) is 11.2 Å². The van der Waals surface area contributed by atoms with Crippen LogP contribution in [0.15, 0.2) is 36.0 Å². The normalized spacial score (nSPS) is 16.8. The zero-order chi connectivity index (χ0) is 17.9. The van der Waals surface area contributed by atoms with Crippen LogP contribution >= 0.6 is 11.3 Å². The van der Waals surface area contributed by atoms with Crippen molar-refractivity contribution in [3.8, 4) is 11.4 Å². The minimum atomic E-state index is 0.0169. The van der Waals surface area contributed by atoms with Gasteiger partial charge in [0, 0.05) is 36.9 Å². The van der Waals surface area contributed by atoms with Gasteiger partial charge < -0.3 is 15.2 Å². The number of aryl methyl sites for hydroxylation is 1. The zero-order valence-corrected chi connectivity index (χ0v) is 15.3. The molecule has 0 spiro atoms. The van der Waals surface area contributed by atoms with Gasteiger partial charge in [0.15, 0.2) is 0 Å². The lowest BCUT2D eigenvalue weighted by atomic mass is 10.2. The van der Waals surface area contributed by atoms with E-state index in [1.54, 1.807) is 17.5 Å². The van der Waals surface area contributed by atoms with Gasteiger partial charge in [-0.05, 0) is 31.5 Å². The number of hydrogen-bond acceptors (Lipinski definition) is 6. The van der Waals surface area contributed by atoms with Gasteiger partial charge in [-0.3, -0.25) is 4.79 Å². The quantitative estimate of drug-likeness (QED) is 0.721. The van der Waals surface area contributed by atoms with Crippen molar-refractivity contribution >= 4 is 23.2 Å². The first-order valence-corrected chi connectivity index (χ1v) is 9.47. The highest BCUT2D eigenvalue weighted by atomic mass is 32.1. The zero-order valence-electron chi connectivity index (χ0n) is 14.5. The molecule has 1 unspecified atom stereocenters. The monoisotopic (exact) mass is 368 g/mol. The number of aromatic amines is 1. The highest BCUT2D eigenvalue weighted by Gasteiger charge is 2.26. The van der Waals surface area contributed by atoms with Gasteiger partial charge in [-0.15, -0.1) is 11.3 Å². The van der Waals surface area contributed by atoms with Crippen molar-refractivity contribution in [1.29, 1.82) is 0 Å². The van der Waals surface area contributed by atoms with Crippen LogP contribution < -0.4 is 10.2 Å². The highest BCUT2D eigenvalue weighted by molar-refractivity contribution is 7.09. The molecule has 1 aliphatic rings. The average Bonchev–Trinajstić information content (AvgIpc) is 3.37. The first-order valence-electron chi connectivity index (χ1n) is 8.59. The van der Waals surface area contributed by atoms with E-state index in [1.807, 2.05) is 36.7 Å². The molecule has 3 aromatic heterocycles. The molecule has 2 N–H and O–H groups in total. The minimum Gasteiger partial charge on any atom is -0.360 e. The highest BCUT2D eigenvalue weighted by Crippen LogP contribution is 2.20. The van der Waals surface area contributed by atoms with E-state index < -0.39 is 0 Å². The number of H-pyrrole nitrogens is 1. The molecule has 1 saturated heterocycles. The van der Waals surface area contributed by atoms with E-state index in [2.05, 4.69) is 30.2 Å². The third-order valence-corrected chi connectivity index (χ3v) is 5.18. The number of amides is 1. The number of nitrogens with one attached hydrogen (secondary N) is 2. The lowest BCUT2D eigenvalue weighted by Gasteiger charge is -2.17. The van der Waals surface area contributed by atoms with Crippen LogP contribution in [0.5, 0.6) is 0 Å². The van der Waals surface area contributed by atoms with Crippen molar-refractivity contribution in [3.05, 3.63) is 46.7 Å². The fourth-order valence-electron chi connectivity index (χ4n) is 3.13. The fraction of sp³-hybridized carbons (Fsp3) is 0.333. The van der Waals surface area contributed by atoms with Crippen LogP contribution in [0.2, 0.25) is 0 Å². The smallest absolute Gasteiger partial charge is 0.226 e. The standard InChI is InChI=1S/C18H20N6OS/c1-12-21-14(11-26-12)9-17(25)22-13-5-8-24(10-13)18-20-7-4-16(23-18)15-3-2-6-19-15/h2-4,6-7,11,13,19H,5,8-10H2,1H3,(H,22,25). The summed E-state index contributed by atoms with van der Waals surface area (Å²) in [6, 6.07) is 5.93. The summed E-state index contributed by atoms with van der Waals surface area (Å²) in [5, 5.41) is 6.03. The van der Waals surface area contributed by atoms with Crippen molar-refractivity contribution < 1.29 is 4.79 Å². The third kappa shape index (κ3) is 3.75. The summed E-state index contributed by atoms with van der Waals surface area (Å²) in [6.07, 6.45) is 4.87. The summed E-state index contributed by atoms with van der Waals surface area (Å²) in [5.74, 6) is 0.715. The van der Waals surface area contributed by atoms with Gasteiger partial charge >= 0.3 is 0 Å². The maximum atomic E-state index is 12.2. The Kier molecular flexibility index (Phi) is 4.66. The van der Waals surface area contributed by atoms with E-state index in [0.29, 0.717) is 12.4 Å². The summed E-state index contributed by atoms with van der Waals surface area (Å²) in [7, 11) is 0. The number of anilines is 1. The van der Waals surface area contributed by atoms with Gasteiger partial charge in [0.1, 0.15) is 0 Å². The summed E-state index contributed by atoms with van der Waals surface area (Å²) in [5.41, 5.74) is 2.67. The molecular weight excluding hydrogens is 348 g/mol. The van der Waals surface area contributed by atoms with E-state index in [9.17, 15) is 4.79 Å². The number of aromatic nitrogens is 4. The molecule has 26 heavy (non-hydrogen) atoms. The number of nitrogens with zero attached hydrogens (tertiary/aromatic N) is 4. The van der Waals surface area contributed by atoms with Gasteiger partial charge in [0.2, 0.25) is 11.9 Å². The van der Waals surface area contributed by atoms with Crippen molar-refractivity contribution in [2.45, 2.75) is 25.8 Å². The second-order valence-electron chi connectivity index (χ2n) is 6.36. The molecule has 1 aliphatic heterocycles. The van der Waals surface area contributed by atoms with Crippen LogP contribution in [0.25, 0.3) is 11.4 Å². The van der Waals surface area contributed by atoms with E-state index in [4.69, 9.17) is 0 Å². The van der Waals surface area contributed by atoms with Crippen LogP contribution in [-0.4, -0.2) is 45.0 Å². The van der Waals surface area contributed by atoms with Crippen LogP contribution in [0.1, 0.15) is 17.1 Å². The summed E-state index contributed by atoms with van der Waals surface area (Å²) < 4.78 is 0. The molecule has 0 aromatic carbocycles. The molecule has 0 bridgehead atoms. The number of rotatable bonds is 5. The third-order valence-electron chi connectivity index (χ3n) is 4.36. The Morgan fingerprint density at radius 3 is 3.12 bits per heavy atom. The summed E-state index contributed by atoms with van der Waals surface area (Å²) in [6.45, 7) is 3.49. The van der Waals surface area contributed by atoms with E-state index in [-0.39, 0.29) is 11.9 Å². The number of thiazole rings is 1. The molecule has 1 fully saturated rings. The summed E-state index contributed by atoms with van der Waals surface area (Å²) in [4.78, 5) is 30.9. The molecule has 134 valence electrons. The fourth-order valence-corrected chi connectivity index (χ4v) is 3.75. The molecule has 0 radical (unpaired) electrons. The van der Waals surface area contributed by atoms with Crippen molar-refractivity contribution in [1.82, 2.24) is 25.3 Å². The second kappa shape index (κ2) is 7.25. The Balaban J connectivity index is 1.36. The Bertz CT molecular complexity index is 891. The number of hydrogen-bond donors (Lipinski definition) is 2. The molecule has 3 aromatic rings. The van der Waals surface area contributed by atoms with Crippen LogP contribution in [0.4, 0.5) is 5.95 Å². The Morgan fingerprint density at radius 2 is 2.35 bits per heavy atom. The SMILES string of the molecule is Cc1nc(CC(=O)NC2CCN(c3nccc(-c4ccc[nH]4)n3)C2)cs1. The molecule has 8 heteroatoms. The van der Waals surface area contributed by atoms with Crippen LogP contribution in [0.3, 0.4) is 0 Å². The van der Waals surface area contributed by atoms with Crippen molar-refractivity contribution in [2.24, 2.45) is 0 Å².